The van der Waals surface area contributed by atoms with Crippen LogP contribution in [0.25, 0.3) is 0 Å². The van der Waals surface area contributed by atoms with E-state index in [0.29, 0.717) is 0 Å². The summed E-state index contributed by atoms with van der Waals surface area (Å²) in [5.41, 5.74) is 0. The van der Waals surface area contributed by atoms with Crippen LogP contribution in [0.5, 0.6) is 0 Å². The Labute approximate surface area is 41.2 Å². The van der Waals surface area contributed by atoms with Crippen LogP contribution in [-0.2, 0) is 29.9 Å². The van der Waals surface area contributed by atoms with Gasteiger partial charge in [0.2, 0.25) is 0 Å². The van der Waals surface area contributed by atoms with E-state index < -0.39 is 0 Å². The van der Waals surface area contributed by atoms with Crippen LogP contribution < -0.4 is 0 Å². The molecular formula is CH3PPd2. The van der Waals surface area contributed by atoms with Gasteiger partial charge in [0.05, 0.1) is 0 Å². The van der Waals surface area contributed by atoms with Crippen molar-refractivity contribution in [1.29, 1.82) is 0 Å². The molecule has 1 heterocycles. The summed E-state index contributed by atoms with van der Waals surface area (Å²) < 4.78 is 1.60. The van der Waals surface area contributed by atoms with E-state index in [1.165, 1.54) is 36.6 Å². The summed E-state index contributed by atoms with van der Waals surface area (Å²) in [6, 6.07) is 0. The minimum atomic E-state index is 1.24. The number of hydrogen-bond donors (Lipinski definition) is 0. The normalized spacial score (nSPS) is 34.0. The van der Waals surface area contributed by atoms with Gasteiger partial charge in [0.25, 0.3) is 0 Å². The van der Waals surface area contributed by atoms with Crippen molar-refractivity contribution in [2.24, 2.45) is 0 Å². The molecule has 0 N–H and O–H groups in total. The van der Waals surface area contributed by atoms with E-state index in [0.717, 1.165) is 0 Å². The summed E-state index contributed by atoms with van der Waals surface area (Å²) in [4.78, 5) is 0. The zero-order valence-corrected chi connectivity index (χ0v) is 5.95. The molecule has 0 amide bonds. The standard InChI is InChI=1S/CH3P.2Pd/c1-2;;/h2H,1H2;;/q-1;;+1. The molecule has 0 radical (unpaired) electrons. The van der Waals surface area contributed by atoms with Crippen molar-refractivity contribution >= 4 is 6.77 Å². The summed E-state index contributed by atoms with van der Waals surface area (Å²) in [6.07, 6.45) is 0. The van der Waals surface area contributed by atoms with Gasteiger partial charge in [-0.15, -0.1) is 0 Å². The Kier molecular flexibility index (Phi) is 1.99. The minimum absolute atomic E-state index is 1.24. The third-order valence-corrected chi connectivity index (χ3v) is 14.8. The molecule has 1 fully saturated rings. The molecule has 0 aromatic carbocycles. The molecule has 0 aromatic rings. The maximum atomic E-state index is 1.60. The van der Waals surface area contributed by atoms with Gasteiger partial charge in [0.1, 0.15) is 0 Å². The molecule has 1 aliphatic rings. The summed E-state index contributed by atoms with van der Waals surface area (Å²) >= 11 is 2.50. The molecule has 0 aliphatic carbocycles. The van der Waals surface area contributed by atoms with Gasteiger partial charge in [0, 0.05) is 0 Å². The van der Waals surface area contributed by atoms with Crippen molar-refractivity contribution in [1.82, 2.24) is 0 Å². The van der Waals surface area contributed by atoms with Gasteiger partial charge in [-0.3, -0.25) is 0 Å². The third kappa shape index (κ3) is 0.860. The Morgan fingerprint density at radius 1 is 1.75 bits per heavy atom. The molecule has 0 nitrogen and oxygen atoms in total. The summed E-state index contributed by atoms with van der Waals surface area (Å²) in [5, 5.41) is 0. The number of hydrogen-bond acceptors (Lipinski definition) is 0. The monoisotopic (exact) mass is 258 g/mol. The van der Waals surface area contributed by atoms with Crippen LogP contribution in [0.1, 0.15) is 0 Å². The van der Waals surface area contributed by atoms with Crippen LogP contribution in [0.3, 0.4) is 0 Å². The Bertz CT molecular complexity index is 14.0. The van der Waals surface area contributed by atoms with E-state index in [1.54, 1.807) is 4.63 Å². The van der Waals surface area contributed by atoms with Gasteiger partial charge >= 0.3 is 41.3 Å². The van der Waals surface area contributed by atoms with E-state index in [4.69, 9.17) is 0 Å². The van der Waals surface area contributed by atoms with Gasteiger partial charge in [0.15, 0.2) is 0 Å². The van der Waals surface area contributed by atoms with Crippen molar-refractivity contribution in [3.05, 3.63) is 0 Å². The van der Waals surface area contributed by atoms with Crippen LogP contribution in [0.4, 0.5) is 0 Å². The number of rotatable bonds is 0. The Hall–Kier alpha value is 1.75. The average molecular weight is 259 g/mol. The third-order valence-electron chi connectivity index (χ3n) is 0.141. The predicted octanol–water partition coefficient (Wildman–Crippen LogP) is 0.631. The maximum absolute atomic E-state index is 1.60. The molecule has 0 saturated carbocycles. The van der Waals surface area contributed by atoms with Gasteiger partial charge < -0.3 is 0 Å². The second kappa shape index (κ2) is 2.02. The first kappa shape index (κ1) is 3.93. The fraction of sp³-hybridized carbons (Fsp3) is 1.00. The molecule has 32 valence electrons. The Morgan fingerprint density at radius 2 is 2.00 bits per heavy atom. The molecule has 0 aromatic heterocycles. The van der Waals surface area contributed by atoms with Crippen molar-refractivity contribution in [3.8, 4) is 0 Å². The fourth-order valence-electron chi connectivity index (χ4n) is 0.0354. The predicted molar refractivity (Wildman–Crippen MR) is 13.2 cm³/mol. The van der Waals surface area contributed by atoms with Crippen LogP contribution in [-0.4, -0.2) is 4.63 Å². The van der Waals surface area contributed by atoms with Crippen LogP contribution in [0.15, 0.2) is 0 Å². The average Bonchev–Trinajstić information content (AvgIpc) is 0.722. The molecule has 0 spiro atoms. The molecule has 0 bridgehead atoms. The van der Waals surface area contributed by atoms with Crippen LogP contribution in [0.2, 0.25) is 0 Å². The van der Waals surface area contributed by atoms with Crippen molar-refractivity contribution in [2.45, 2.75) is 0 Å². The molecule has 4 heavy (non-hydrogen) atoms. The van der Waals surface area contributed by atoms with Gasteiger partial charge in [-0.05, 0) is 0 Å². The fourth-order valence-corrected chi connectivity index (χ4v) is 3.71. The first-order chi connectivity index (χ1) is 2.00. The first-order valence-corrected chi connectivity index (χ1v) is 8.69. The van der Waals surface area contributed by atoms with Gasteiger partial charge in [-0.1, -0.05) is 0 Å². The molecule has 1 saturated heterocycles. The topological polar surface area (TPSA) is 0 Å². The van der Waals surface area contributed by atoms with Crippen LogP contribution >= 0.6 is 6.77 Å². The van der Waals surface area contributed by atoms with Crippen molar-refractivity contribution in [3.63, 3.8) is 0 Å². The van der Waals surface area contributed by atoms with E-state index >= 15 is 0 Å². The molecule has 1 aliphatic heterocycles. The van der Waals surface area contributed by atoms with E-state index in [-0.39, 0.29) is 0 Å². The van der Waals surface area contributed by atoms with E-state index in [2.05, 4.69) is 0 Å². The molecule has 3 heteroatoms. The van der Waals surface area contributed by atoms with Crippen LogP contribution in [0, 0.1) is 0 Å². The summed E-state index contributed by atoms with van der Waals surface area (Å²) in [6.45, 7) is 1.39. The Morgan fingerprint density at radius 3 is 2.00 bits per heavy atom. The molecule has 1 rings (SSSR count). The second-order valence-corrected chi connectivity index (χ2v) is 11.7. The zero-order valence-electron chi connectivity index (χ0n) is 1.84. The van der Waals surface area contributed by atoms with Gasteiger partial charge in [-0.25, -0.2) is 0 Å². The molecule has 1 unspecified atom stereocenters. The quantitative estimate of drug-likeness (QED) is 0.442. The zero-order chi connectivity index (χ0) is 2.83. The SMILES string of the molecule is [CH2]1[PH][Pd][Pd]1. The summed E-state index contributed by atoms with van der Waals surface area (Å²) in [5.74, 6) is 0. The van der Waals surface area contributed by atoms with E-state index in [1.807, 2.05) is 0 Å². The second-order valence-electron chi connectivity index (χ2n) is 0.344. The van der Waals surface area contributed by atoms with Gasteiger partial charge in [-0.2, -0.15) is 0 Å². The van der Waals surface area contributed by atoms with Crippen molar-refractivity contribution < 1.29 is 29.9 Å². The molecule has 1 atom stereocenters. The Balaban J connectivity index is 2.00. The van der Waals surface area contributed by atoms with Crippen molar-refractivity contribution in [2.75, 3.05) is 4.63 Å². The van der Waals surface area contributed by atoms with E-state index in [9.17, 15) is 0 Å². The summed E-state index contributed by atoms with van der Waals surface area (Å²) in [7, 11) is 0. The first-order valence-electron chi connectivity index (χ1n) is 0.835. The molecular weight excluding hydrogens is 256 g/mol.